The van der Waals surface area contributed by atoms with Gasteiger partial charge in [0.05, 0.1) is 0 Å². The lowest BCUT2D eigenvalue weighted by molar-refractivity contribution is 0.0663. The van der Waals surface area contributed by atoms with Gasteiger partial charge in [0, 0.05) is 44.3 Å². The van der Waals surface area contributed by atoms with Crippen LogP contribution in [0.2, 0.25) is 0 Å². The van der Waals surface area contributed by atoms with Crippen LogP contribution in [-0.2, 0) is 0 Å². The third kappa shape index (κ3) is 4.15. The van der Waals surface area contributed by atoms with E-state index in [0.717, 1.165) is 42.4 Å². The molecule has 0 saturated carbocycles. The third-order valence-electron chi connectivity index (χ3n) is 4.69. The normalized spacial score (nSPS) is 16.7. The molecule has 0 amide bonds. The molecule has 0 bridgehead atoms. The van der Waals surface area contributed by atoms with Crippen molar-refractivity contribution < 1.29 is 9.84 Å². The summed E-state index contributed by atoms with van der Waals surface area (Å²) in [4.78, 5) is 8.96. The molecule has 1 saturated heterocycles. The predicted octanol–water partition coefficient (Wildman–Crippen LogP) is 2.86. The van der Waals surface area contributed by atoms with Crippen LogP contribution in [0, 0.1) is 0 Å². The zero-order valence-corrected chi connectivity index (χ0v) is 15.4. The van der Waals surface area contributed by atoms with E-state index < -0.39 is 6.10 Å². The quantitative estimate of drug-likeness (QED) is 0.724. The molecule has 26 heavy (non-hydrogen) atoms. The zero-order valence-electron chi connectivity index (χ0n) is 14.6. The number of aliphatic hydroxyl groups excluding tert-OH is 1. The largest absolute Gasteiger partial charge is 0.491 e. The Bertz CT molecular complexity index is 832. The van der Waals surface area contributed by atoms with E-state index in [4.69, 9.17) is 4.74 Å². The molecule has 0 unspecified atom stereocenters. The van der Waals surface area contributed by atoms with Crippen molar-refractivity contribution in [2.45, 2.75) is 6.10 Å². The van der Waals surface area contributed by atoms with Gasteiger partial charge in [-0.25, -0.2) is 4.98 Å². The van der Waals surface area contributed by atoms with Crippen molar-refractivity contribution in [3.8, 4) is 5.75 Å². The molecule has 0 aliphatic carbocycles. The predicted molar refractivity (Wildman–Crippen MR) is 106 cm³/mol. The summed E-state index contributed by atoms with van der Waals surface area (Å²) in [6.45, 7) is 4.72. The fourth-order valence-corrected chi connectivity index (χ4v) is 3.99. The van der Waals surface area contributed by atoms with Gasteiger partial charge < -0.3 is 14.7 Å². The third-order valence-corrected chi connectivity index (χ3v) is 5.53. The first kappa shape index (κ1) is 17.3. The summed E-state index contributed by atoms with van der Waals surface area (Å²) in [6, 6.07) is 14.2. The molecule has 2 aromatic carbocycles. The number of fused-ring (bicyclic) bond motifs is 1. The average Bonchev–Trinajstić information content (AvgIpc) is 3.22. The van der Waals surface area contributed by atoms with Gasteiger partial charge in [0.25, 0.3) is 0 Å². The molecule has 1 N–H and O–H groups in total. The summed E-state index contributed by atoms with van der Waals surface area (Å²) >= 11 is 1.68. The van der Waals surface area contributed by atoms with Crippen LogP contribution in [0.3, 0.4) is 0 Å². The van der Waals surface area contributed by atoms with Gasteiger partial charge in [0.1, 0.15) is 18.5 Å². The highest BCUT2D eigenvalue weighted by molar-refractivity contribution is 7.13. The Morgan fingerprint density at radius 2 is 1.88 bits per heavy atom. The monoisotopic (exact) mass is 369 g/mol. The van der Waals surface area contributed by atoms with Crippen LogP contribution in [0.15, 0.2) is 54.0 Å². The summed E-state index contributed by atoms with van der Waals surface area (Å²) in [5, 5.41) is 15.8. The molecule has 6 heteroatoms. The first-order valence-electron chi connectivity index (χ1n) is 8.94. The van der Waals surface area contributed by atoms with Gasteiger partial charge in [-0.3, -0.25) is 4.90 Å². The second-order valence-electron chi connectivity index (χ2n) is 6.58. The van der Waals surface area contributed by atoms with Gasteiger partial charge in [-0.15, -0.1) is 11.3 Å². The second-order valence-corrected chi connectivity index (χ2v) is 7.45. The number of β-amino-alcohol motifs (C(OH)–C–C–N with tert-alkyl or cyclic N) is 1. The number of ether oxygens (including phenoxy) is 1. The van der Waals surface area contributed by atoms with E-state index in [9.17, 15) is 5.11 Å². The van der Waals surface area contributed by atoms with Gasteiger partial charge in [-0.2, -0.15) is 0 Å². The number of rotatable bonds is 6. The average molecular weight is 369 g/mol. The number of anilines is 1. The molecule has 1 fully saturated rings. The Morgan fingerprint density at radius 1 is 1.08 bits per heavy atom. The number of piperazine rings is 1. The van der Waals surface area contributed by atoms with Crippen molar-refractivity contribution in [3.63, 3.8) is 0 Å². The molecule has 2 heterocycles. The van der Waals surface area contributed by atoms with Crippen LogP contribution >= 0.6 is 11.3 Å². The SMILES string of the molecule is O[C@H](COc1ccc2ccccc2c1)CN1CCN(c2nccs2)CC1. The van der Waals surface area contributed by atoms with E-state index in [1.807, 2.05) is 35.8 Å². The van der Waals surface area contributed by atoms with Crippen LogP contribution in [-0.4, -0.2) is 60.4 Å². The Hall–Kier alpha value is -2.15. The number of thiazole rings is 1. The summed E-state index contributed by atoms with van der Waals surface area (Å²) in [7, 11) is 0. The molecule has 1 aliphatic heterocycles. The van der Waals surface area contributed by atoms with Crippen LogP contribution in [0.25, 0.3) is 10.8 Å². The molecule has 3 aromatic rings. The Labute approximate surface area is 157 Å². The number of hydrogen-bond donors (Lipinski definition) is 1. The first-order valence-corrected chi connectivity index (χ1v) is 9.82. The zero-order chi connectivity index (χ0) is 17.8. The highest BCUT2D eigenvalue weighted by Crippen LogP contribution is 2.21. The minimum Gasteiger partial charge on any atom is -0.491 e. The van der Waals surface area contributed by atoms with E-state index >= 15 is 0 Å². The number of aromatic nitrogens is 1. The maximum absolute atomic E-state index is 10.3. The second kappa shape index (κ2) is 8.03. The molecule has 1 aromatic heterocycles. The van der Waals surface area contributed by atoms with E-state index in [1.54, 1.807) is 11.3 Å². The standard InChI is InChI=1S/C20H23N3O2S/c24-18(14-22-8-10-23(11-9-22)20-21-7-12-26-20)15-25-19-6-5-16-3-1-2-4-17(16)13-19/h1-7,12-13,18,24H,8-11,14-15H2/t18-/m0/s1. The molecule has 4 rings (SSSR count). The van der Waals surface area contributed by atoms with Gasteiger partial charge in [0.15, 0.2) is 5.13 Å². The summed E-state index contributed by atoms with van der Waals surface area (Å²) in [5.74, 6) is 0.802. The minimum absolute atomic E-state index is 0.311. The van der Waals surface area contributed by atoms with Crippen molar-refractivity contribution in [1.29, 1.82) is 0 Å². The molecule has 0 radical (unpaired) electrons. The van der Waals surface area contributed by atoms with Crippen molar-refractivity contribution in [3.05, 3.63) is 54.0 Å². The van der Waals surface area contributed by atoms with E-state index in [1.165, 1.54) is 5.39 Å². The molecule has 136 valence electrons. The van der Waals surface area contributed by atoms with Crippen LogP contribution in [0.4, 0.5) is 5.13 Å². The smallest absolute Gasteiger partial charge is 0.185 e. The van der Waals surface area contributed by atoms with E-state index in [2.05, 4.69) is 33.0 Å². The fourth-order valence-electron chi connectivity index (χ4n) is 3.29. The van der Waals surface area contributed by atoms with Crippen molar-refractivity contribution in [2.75, 3.05) is 44.2 Å². The first-order chi connectivity index (χ1) is 12.8. The fraction of sp³-hybridized carbons (Fsp3) is 0.350. The highest BCUT2D eigenvalue weighted by atomic mass is 32.1. The van der Waals surface area contributed by atoms with Gasteiger partial charge in [-0.1, -0.05) is 30.3 Å². The number of aliphatic hydroxyl groups is 1. The topological polar surface area (TPSA) is 48.8 Å². The molecular weight excluding hydrogens is 346 g/mol. The Morgan fingerprint density at radius 3 is 2.65 bits per heavy atom. The van der Waals surface area contributed by atoms with Crippen molar-refractivity contribution >= 4 is 27.2 Å². The van der Waals surface area contributed by atoms with Crippen LogP contribution in [0.1, 0.15) is 0 Å². The minimum atomic E-state index is -0.493. The van der Waals surface area contributed by atoms with Crippen molar-refractivity contribution in [1.82, 2.24) is 9.88 Å². The molecular formula is C20H23N3O2S. The summed E-state index contributed by atoms with van der Waals surface area (Å²) in [6.07, 6.45) is 1.35. The lowest BCUT2D eigenvalue weighted by Gasteiger charge is -2.35. The molecule has 5 nitrogen and oxygen atoms in total. The number of hydrogen-bond acceptors (Lipinski definition) is 6. The van der Waals surface area contributed by atoms with E-state index in [-0.39, 0.29) is 0 Å². The molecule has 1 aliphatic rings. The number of nitrogens with zero attached hydrogens (tertiary/aromatic N) is 3. The van der Waals surface area contributed by atoms with E-state index in [0.29, 0.717) is 13.2 Å². The van der Waals surface area contributed by atoms with Crippen LogP contribution < -0.4 is 9.64 Å². The van der Waals surface area contributed by atoms with Crippen molar-refractivity contribution in [2.24, 2.45) is 0 Å². The van der Waals surface area contributed by atoms with Gasteiger partial charge in [-0.05, 0) is 22.9 Å². The lowest BCUT2D eigenvalue weighted by atomic mass is 10.1. The van der Waals surface area contributed by atoms with Gasteiger partial charge >= 0.3 is 0 Å². The molecule has 0 spiro atoms. The highest BCUT2D eigenvalue weighted by Gasteiger charge is 2.20. The molecule has 1 atom stereocenters. The lowest BCUT2D eigenvalue weighted by Crippen LogP contribution is -2.49. The Balaban J connectivity index is 1.24. The summed E-state index contributed by atoms with van der Waals surface area (Å²) in [5.41, 5.74) is 0. The maximum atomic E-state index is 10.3. The van der Waals surface area contributed by atoms with Gasteiger partial charge in [0.2, 0.25) is 0 Å². The number of benzene rings is 2. The maximum Gasteiger partial charge on any atom is 0.185 e. The summed E-state index contributed by atoms with van der Waals surface area (Å²) < 4.78 is 5.80. The Kier molecular flexibility index (Phi) is 5.34. The van der Waals surface area contributed by atoms with Crippen LogP contribution in [0.5, 0.6) is 5.75 Å².